The van der Waals surface area contributed by atoms with E-state index in [0.29, 0.717) is 21.5 Å². The van der Waals surface area contributed by atoms with E-state index < -0.39 is 5.91 Å². The molecular formula is C16H15BrN2O4. The Morgan fingerprint density at radius 2 is 1.83 bits per heavy atom. The van der Waals surface area contributed by atoms with Crippen LogP contribution in [0.3, 0.4) is 0 Å². The Labute approximate surface area is 141 Å². The molecule has 0 bridgehead atoms. The fourth-order valence-corrected chi connectivity index (χ4v) is 2.17. The van der Waals surface area contributed by atoms with Crippen LogP contribution < -0.4 is 14.9 Å². The highest BCUT2D eigenvalue weighted by Gasteiger charge is 2.09. The molecule has 6 nitrogen and oxygen atoms in total. The average molecular weight is 379 g/mol. The molecule has 2 rings (SSSR count). The lowest BCUT2D eigenvalue weighted by atomic mass is 10.2. The van der Waals surface area contributed by atoms with Crippen molar-refractivity contribution in [3.05, 3.63) is 52.0 Å². The zero-order valence-electron chi connectivity index (χ0n) is 12.5. The molecule has 0 aliphatic rings. The number of hydrazone groups is 1. The molecule has 0 atom stereocenters. The molecule has 0 saturated heterocycles. The van der Waals surface area contributed by atoms with Gasteiger partial charge in [-0.3, -0.25) is 4.79 Å². The summed E-state index contributed by atoms with van der Waals surface area (Å²) in [5.41, 5.74) is 3.51. The number of benzene rings is 2. The number of carbonyl (C=O) groups is 1. The first kappa shape index (κ1) is 16.8. The molecular weight excluding hydrogens is 364 g/mol. The summed E-state index contributed by atoms with van der Waals surface area (Å²) in [7, 11) is 3.02. The monoisotopic (exact) mass is 378 g/mol. The molecule has 0 aromatic heterocycles. The van der Waals surface area contributed by atoms with Crippen LogP contribution in [0.5, 0.6) is 17.2 Å². The molecule has 0 unspecified atom stereocenters. The molecule has 0 saturated carbocycles. The van der Waals surface area contributed by atoms with E-state index in [4.69, 9.17) is 9.47 Å². The molecule has 23 heavy (non-hydrogen) atoms. The van der Waals surface area contributed by atoms with Gasteiger partial charge in [-0.15, -0.1) is 0 Å². The van der Waals surface area contributed by atoms with Gasteiger partial charge in [0.1, 0.15) is 17.2 Å². The van der Waals surface area contributed by atoms with E-state index in [1.54, 1.807) is 30.3 Å². The maximum Gasteiger partial charge on any atom is 0.271 e. The standard InChI is InChI=1S/C16H15BrN2O4/c1-22-12-6-11(7-13(8-12)23-2)16(21)19-18-9-10-3-4-15(20)14(17)5-10/h3-9,20H,1-2H3,(H,19,21)/b18-9+. The van der Waals surface area contributed by atoms with Crippen LogP contribution >= 0.6 is 15.9 Å². The first-order valence-electron chi connectivity index (χ1n) is 6.58. The quantitative estimate of drug-likeness (QED) is 0.619. The molecule has 0 aliphatic carbocycles. The molecule has 2 N–H and O–H groups in total. The van der Waals surface area contributed by atoms with E-state index in [1.807, 2.05) is 0 Å². The molecule has 1 amide bonds. The Morgan fingerprint density at radius 3 is 2.39 bits per heavy atom. The minimum Gasteiger partial charge on any atom is -0.507 e. The highest BCUT2D eigenvalue weighted by molar-refractivity contribution is 9.10. The Morgan fingerprint density at radius 1 is 1.17 bits per heavy atom. The molecule has 0 spiro atoms. The van der Waals surface area contributed by atoms with Crippen molar-refractivity contribution in [3.63, 3.8) is 0 Å². The van der Waals surface area contributed by atoms with Crippen molar-refractivity contribution in [2.75, 3.05) is 14.2 Å². The minimum atomic E-state index is -0.392. The molecule has 2 aromatic carbocycles. The summed E-state index contributed by atoms with van der Waals surface area (Å²) in [5.74, 6) is 0.771. The fourth-order valence-electron chi connectivity index (χ4n) is 1.77. The van der Waals surface area contributed by atoms with E-state index in [1.165, 1.54) is 26.5 Å². The molecule has 2 aromatic rings. The third kappa shape index (κ3) is 4.46. The van der Waals surface area contributed by atoms with E-state index >= 15 is 0 Å². The first-order chi connectivity index (χ1) is 11.0. The highest BCUT2D eigenvalue weighted by Crippen LogP contribution is 2.24. The summed E-state index contributed by atoms with van der Waals surface area (Å²) in [6.45, 7) is 0. The van der Waals surface area contributed by atoms with Crippen molar-refractivity contribution in [2.24, 2.45) is 5.10 Å². The number of methoxy groups -OCH3 is 2. The van der Waals surface area contributed by atoms with Gasteiger partial charge in [0.25, 0.3) is 5.91 Å². The largest absolute Gasteiger partial charge is 0.507 e. The Balaban J connectivity index is 2.09. The van der Waals surface area contributed by atoms with Gasteiger partial charge in [0.15, 0.2) is 0 Å². The predicted octanol–water partition coefficient (Wildman–Crippen LogP) is 2.94. The van der Waals surface area contributed by atoms with Gasteiger partial charge in [-0.1, -0.05) is 0 Å². The van der Waals surface area contributed by atoms with Gasteiger partial charge in [0.05, 0.1) is 24.9 Å². The Hall–Kier alpha value is -2.54. The number of aromatic hydroxyl groups is 1. The van der Waals surface area contributed by atoms with Gasteiger partial charge in [0, 0.05) is 11.6 Å². The SMILES string of the molecule is COc1cc(OC)cc(C(=O)N/N=C/c2ccc(O)c(Br)c2)c1. The number of nitrogens with one attached hydrogen (secondary N) is 1. The van der Waals surface area contributed by atoms with Crippen LogP contribution in [0.2, 0.25) is 0 Å². The Kier molecular flexibility index (Phi) is 5.59. The number of carbonyl (C=O) groups excluding carboxylic acids is 1. The number of phenolic OH excluding ortho intramolecular Hbond substituents is 1. The lowest BCUT2D eigenvalue weighted by Crippen LogP contribution is -2.17. The van der Waals surface area contributed by atoms with Crippen molar-refractivity contribution >= 4 is 28.1 Å². The first-order valence-corrected chi connectivity index (χ1v) is 7.38. The summed E-state index contributed by atoms with van der Waals surface area (Å²) in [6, 6.07) is 9.73. The van der Waals surface area contributed by atoms with Crippen LogP contribution in [0.25, 0.3) is 0 Å². The zero-order chi connectivity index (χ0) is 16.8. The van der Waals surface area contributed by atoms with E-state index in [9.17, 15) is 9.90 Å². The number of amides is 1. The van der Waals surface area contributed by atoms with E-state index in [0.717, 1.165) is 5.56 Å². The third-order valence-corrected chi connectivity index (χ3v) is 3.60. The number of rotatable bonds is 5. The lowest BCUT2D eigenvalue weighted by Gasteiger charge is -2.07. The van der Waals surface area contributed by atoms with Gasteiger partial charge in [-0.05, 0) is 51.8 Å². The van der Waals surface area contributed by atoms with Crippen molar-refractivity contribution < 1.29 is 19.4 Å². The Bertz CT molecular complexity index is 725. The smallest absolute Gasteiger partial charge is 0.271 e. The molecule has 120 valence electrons. The molecule has 7 heteroatoms. The molecule has 0 radical (unpaired) electrons. The topological polar surface area (TPSA) is 80.2 Å². The highest BCUT2D eigenvalue weighted by atomic mass is 79.9. The van der Waals surface area contributed by atoms with Crippen LogP contribution in [0.15, 0.2) is 46.0 Å². The fraction of sp³-hybridized carbons (Fsp3) is 0.125. The van der Waals surface area contributed by atoms with Gasteiger partial charge >= 0.3 is 0 Å². The summed E-state index contributed by atoms with van der Waals surface area (Å²) in [4.78, 5) is 12.1. The van der Waals surface area contributed by atoms with Crippen molar-refractivity contribution in [3.8, 4) is 17.2 Å². The van der Waals surface area contributed by atoms with Crippen LogP contribution in [0.1, 0.15) is 15.9 Å². The summed E-state index contributed by atoms with van der Waals surface area (Å²) < 4.78 is 10.8. The number of nitrogens with zero attached hydrogens (tertiary/aromatic N) is 1. The summed E-state index contributed by atoms with van der Waals surface area (Å²) in [5, 5.41) is 13.3. The van der Waals surface area contributed by atoms with Crippen LogP contribution in [0, 0.1) is 0 Å². The van der Waals surface area contributed by atoms with Gasteiger partial charge in [0.2, 0.25) is 0 Å². The second-order valence-electron chi connectivity index (χ2n) is 4.51. The van der Waals surface area contributed by atoms with Crippen LogP contribution in [0.4, 0.5) is 0 Å². The number of hydrogen-bond acceptors (Lipinski definition) is 5. The van der Waals surface area contributed by atoms with E-state index in [-0.39, 0.29) is 5.75 Å². The van der Waals surface area contributed by atoms with Crippen molar-refractivity contribution in [1.29, 1.82) is 0 Å². The normalized spacial score (nSPS) is 10.6. The second kappa shape index (κ2) is 7.64. The molecule has 0 aliphatic heterocycles. The maximum atomic E-state index is 12.1. The zero-order valence-corrected chi connectivity index (χ0v) is 14.1. The summed E-state index contributed by atoms with van der Waals surface area (Å²) in [6.07, 6.45) is 1.47. The third-order valence-electron chi connectivity index (χ3n) is 2.97. The lowest BCUT2D eigenvalue weighted by molar-refractivity contribution is 0.0954. The molecule has 0 fully saturated rings. The predicted molar refractivity (Wildman–Crippen MR) is 90.4 cm³/mol. The number of ether oxygens (including phenoxy) is 2. The van der Waals surface area contributed by atoms with Crippen molar-refractivity contribution in [2.45, 2.75) is 0 Å². The molecule has 0 heterocycles. The minimum absolute atomic E-state index is 0.134. The van der Waals surface area contributed by atoms with Gasteiger partial charge in [-0.25, -0.2) is 5.43 Å². The summed E-state index contributed by atoms with van der Waals surface area (Å²) >= 11 is 3.21. The second-order valence-corrected chi connectivity index (χ2v) is 5.37. The van der Waals surface area contributed by atoms with Gasteiger partial charge < -0.3 is 14.6 Å². The van der Waals surface area contributed by atoms with E-state index in [2.05, 4.69) is 26.5 Å². The number of phenols is 1. The number of hydrogen-bond donors (Lipinski definition) is 2. The average Bonchev–Trinajstić information content (AvgIpc) is 2.57. The van der Waals surface area contributed by atoms with Crippen LogP contribution in [-0.2, 0) is 0 Å². The maximum absolute atomic E-state index is 12.1. The van der Waals surface area contributed by atoms with Crippen molar-refractivity contribution in [1.82, 2.24) is 5.43 Å². The number of halogens is 1. The van der Waals surface area contributed by atoms with Gasteiger partial charge in [-0.2, -0.15) is 5.10 Å². The van der Waals surface area contributed by atoms with Crippen LogP contribution in [-0.4, -0.2) is 31.4 Å².